The van der Waals surface area contributed by atoms with Crippen molar-refractivity contribution in [1.82, 2.24) is 9.78 Å². The fourth-order valence-electron chi connectivity index (χ4n) is 1.72. The highest BCUT2D eigenvalue weighted by Crippen LogP contribution is 2.33. The van der Waals surface area contributed by atoms with Gasteiger partial charge in [0.1, 0.15) is 6.61 Å². The van der Waals surface area contributed by atoms with Gasteiger partial charge >= 0.3 is 12.3 Å². The normalized spacial score (nSPS) is 12.1. The third-order valence-electron chi connectivity index (χ3n) is 2.68. The van der Waals surface area contributed by atoms with Crippen LogP contribution in [0.15, 0.2) is 36.7 Å². The van der Waals surface area contributed by atoms with Crippen molar-refractivity contribution in [2.45, 2.75) is 9.97 Å². The highest BCUT2D eigenvalue weighted by Gasteiger charge is 2.31. The second kappa shape index (κ2) is 7.08. The van der Waals surface area contributed by atoms with Gasteiger partial charge in [-0.25, -0.2) is 9.48 Å². The number of aromatic nitrogens is 2. The molecular formula is C13H9Cl3F3N3O2. The van der Waals surface area contributed by atoms with E-state index in [0.717, 1.165) is 12.1 Å². The molecule has 2 aromatic rings. The number of carbonyl (C=O) groups excluding carboxylic acids is 1. The second-order valence-electron chi connectivity index (χ2n) is 4.50. The molecule has 0 aliphatic carbocycles. The Labute approximate surface area is 149 Å². The van der Waals surface area contributed by atoms with Gasteiger partial charge < -0.3 is 4.74 Å². The van der Waals surface area contributed by atoms with Crippen LogP contribution in [0.2, 0.25) is 0 Å². The lowest BCUT2D eigenvalue weighted by Gasteiger charge is -2.16. The van der Waals surface area contributed by atoms with Crippen LogP contribution in [-0.2, 0) is 10.9 Å². The van der Waals surface area contributed by atoms with Crippen molar-refractivity contribution < 1.29 is 22.7 Å². The predicted molar refractivity (Wildman–Crippen MR) is 83.8 cm³/mol. The van der Waals surface area contributed by atoms with E-state index in [-0.39, 0.29) is 11.4 Å². The Morgan fingerprint density at radius 1 is 1.29 bits per heavy atom. The van der Waals surface area contributed by atoms with Gasteiger partial charge in [-0.05, 0) is 24.3 Å². The highest BCUT2D eigenvalue weighted by molar-refractivity contribution is 6.67. The Balaban J connectivity index is 2.29. The molecule has 1 aromatic heterocycles. The summed E-state index contributed by atoms with van der Waals surface area (Å²) >= 11 is 16.3. The Bertz CT molecular complexity index is 715. The molecule has 1 N–H and O–H groups in total. The molecule has 0 saturated heterocycles. The van der Waals surface area contributed by atoms with Crippen LogP contribution >= 0.6 is 34.8 Å². The molecule has 1 amide bonds. The molecule has 0 bridgehead atoms. The van der Waals surface area contributed by atoms with Crippen LogP contribution in [0.4, 0.5) is 23.7 Å². The quantitative estimate of drug-likeness (QED) is 0.750. The number of nitrogens with zero attached hydrogens (tertiary/aromatic N) is 2. The van der Waals surface area contributed by atoms with Crippen LogP contribution in [0.1, 0.15) is 5.56 Å². The second-order valence-corrected chi connectivity index (χ2v) is 7.01. The van der Waals surface area contributed by atoms with E-state index in [1.54, 1.807) is 6.07 Å². The van der Waals surface area contributed by atoms with Crippen LogP contribution in [0.3, 0.4) is 0 Å². The molecule has 0 unspecified atom stereocenters. The third-order valence-corrected chi connectivity index (χ3v) is 3.01. The zero-order chi connectivity index (χ0) is 18.0. The standard InChI is InChI=1S/C13H9Cl3F3N3O2/c14-12(15,16)7-24-11(23)21-9-6-8(13(17,18)19)2-3-10(9)22-5-1-4-20-22/h1-6H,7H2,(H,21,23). The van der Waals surface area contributed by atoms with Crippen LogP contribution in [-0.4, -0.2) is 26.3 Å². The van der Waals surface area contributed by atoms with Crippen LogP contribution in [0.25, 0.3) is 5.69 Å². The summed E-state index contributed by atoms with van der Waals surface area (Å²) < 4.78 is 42.7. The maximum atomic E-state index is 12.9. The molecule has 0 radical (unpaired) electrons. The van der Waals surface area contributed by atoms with E-state index < -0.39 is 28.2 Å². The summed E-state index contributed by atoms with van der Waals surface area (Å²) in [7, 11) is 0. The summed E-state index contributed by atoms with van der Waals surface area (Å²) in [6.07, 6.45) is -2.72. The van der Waals surface area contributed by atoms with Gasteiger partial charge in [0.25, 0.3) is 0 Å². The lowest BCUT2D eigenvalue weighted by atomic mass is 10.1. The number of amides is 1. The van der Waals surface area contributed by atoms with Crippen molar-refractivity contribution in [2.24, 2.45) is 0 Å². The fourth-order valence-corrected chi connectivity index (χ4v) is 1.88. The molecule has 0 aliphatic rings. The summed E-state index contributed by atoms with van der Waals surface area (Å²) in [5, 5.41) is 6.10. The van der Waals surface area contributed by atoms with Gasteiger partial charge in [0.2, 0.25) is 3.79 Å². The van der Waals surface area contributed by atoms with Crippen LogP contribution in [0, 0.1) is 0 Å². The Morgan fingerprint density at radius 2 is 2.00 bits per heavy atom. The summed E-state index contributed by atoms with van der Waals surface area (Å²) in [4.78, 5) is 11.7. The largest absolute Gasteiger partial charge is 0.445 e. The molecule has 1 heterocycles. The van der Waals surface area contributed by atoms with Gasteiger partial charge in [0.15, 0.2) is 0 Å². The monoisotopic (exact) mass is 401 g/mol. The predicted octanol–water partition coefficient (Wildman–Crippen LogP) is 4.81. The molecular weight excluding hydrogens is 394 g/mol. The first-order valence-corrected chi connectivity index (χ1v) is 7.41. The van der Waals surface area contributed by atoms with Crippen molar-refractivity contribution in [3.63, 3.8) is 0 Å². The SMILES string of the molecule is O=C(Nc1cc(C(F)(F)F)ccc1-n1cccn1)OCC(Cl)(Cl)Cl. The molecule has 5 nitrogen and oxygen atoms in total. The van der Waals surface area contributed by atoms with Gasteiger partial charge in [-0.3, -0.25) is 5.32 Å². The minimum absolute atomic E-state index is 0.164. The average Bonchev–Trinajstić information content (AvgIpc) is 2.97. The summed E-state index contributed by atoms with van der Waals surface area (Å²) in [6, 6.07) is 4.37. The van der Waals surface area contributed by atoms with Gasteiger partial charge in [-0.1, -0.05) is 34.8 Å². The van der Waals surface area contributed by atoms with Crippen LogP contribution in [0.5, 0.6) is 0 Å². The van der Waals surface area contributed by atoms with Gasteiger partial charge in [-0.2, -0.15) is 18.3 Å². The molecule has 2 rings (SSSR count). The van der Waals surface area contributed by atoms with Crippen LogP contribution < -0.4 is 5.32 Å². The Hall–Kier alpha value is -1.64. The molecule has 0 fully saturated rings. The van der Waals surface area contributed by atoms with E-state index >= 15 is 0 Å². The topological polar surface area (TPSA) is 56.2 Å². The molecule has 24 heavy (non-hydrogen) atoms. The minimum Gasteiger partial charge on any atom is -0.445 e. The summed E-state index contributed by atoms with van der Waals surface area (Å²) in [5.74, 6) is 0. The molecule has 1 aromatic carbocycles. The number of rotatable bonds is 3. The maximum Gasteiger partial charge on any atom is 0.416 e. The number of hydrogen-bond donors (Lipinski definition) is 1. The van der Waals surface area contributed by atoms with E-state index in [9.17, 15) is 18.0 Å². The summed E-state index contributed by atoms with van der Waals surface area (Å²) in [6.45, 7) is -0.570. The number of hydrogen-bond acceptors (Lipinski definition) is 3. The number of nitrogens with one attached hydrogen (secondary N) is 1. The number of anilines is 1. The van der Waals surface area contributed by atoms with E-state index in [2.05, 4.69) is 15.2 Å². The third kappa shape index (κ3) is 5.19. The van der Waals surface area contributed by atoms with Gasteiger partial charge in [0, 0.05) is 12.4 Å². The van der Waals surface area contributed by atoms with Crippen molar-refractivity contribution >= 4 is 46.6 Å². The number of ether oxygens (including phenoxy) is 1. The molecule has 0 saturated carbocycles. The van der Waals surface area contributed by atoms with Crippen molar-refractivity contribution in [1.29, 1.82) is 0 Å². The molecule has 0 aliphatic heterocycles. The Kier molecular flexibility index (Phi) is 5.52. The van der Waals surface area contributed by atoms with Gasteiger partial charge in [-0.15, -0.1) is 0 Å². The van der Waals surface area contributed by atoms with Crippen molar-refractivity contribution in [3.05, 3.63) is 42.2 Å². The van der Waals surface area contributed by atoms with E-state index in [0.29, 0.717) is 0 Å². The average molecular weight is 403 g/mol. The number of halogens is 6. The van der Waals surface area contributed by atoms with Gasteiger partial charge in [0.05, 0.1) is 16.9 Å². The lowest BCUT2D eigenvalue weighted by Crippen LogP contribution is -2.22. The molecule has 130 valence electrons. The molecule has 0 spiro atoms. The van der Waals surface area contributed by atoms with Crippen molar-refractivity contribution in [2.75, 3.05) is 11.9 Å². The van der Waals surface area contributed by atoms with E-state index in [4.69, 9.17) is 34.8 Å². The summed E-state index contributed by atoms with van der Waals surface area (Å²) in [5.41, 5.74) is -0.906. The first-order valence-electron chi connectivity index (χ1n) is 6.28. The Morgan fingerprint density at radius 3 is 2.54 bits per heavy atom. The molecule has 0 atom stereocenters. The number of benzene rings is 1. The minimum atomic E-state index is -4.58. The lowest BCUT2D eigenvalue weighted by molar-refractivity contribution is -0.137. The number of carbonyl (C=O) groups is 1. The van der Waals surface area contributed by atoms with E-state index in [1.165, 1.54) is 23.1 Å². The molecule has 11 heteroatoms. The van der Waals surface area contributed by atoms with E-state index in [1.807, 2.05) is 0 Å². The first kappa shape index (κ1) is 18.7. The van der Waals surface area contributed by atoms with Crippen molar-refractivity contribution in [3.8, 4) is 5.69 Å². The fraction of sp³-hybridized carbons (Fsp3) is 0.231. The first-order chi connectivity index (χ1) is 11.1. The smallest absolute Gasteiger partial charge is 0.416 e. The maximum absolute atomic E-state index is 12.9. The zero-order valence-corrected chi connectivity index (χ0v) is 13.9. The number of alkyl halides is 6. The highest BCUT2D eigenvalue weighted by atomic mass is 35.6. The zero-order valence-electron chi connectivity index (χ0n) is 11.6.